The number of hydrogen-bond donors (Lipinski definition) is 1. The van der Waals surface area contributed by atoms with Crippen molar-refractivity contribution in [3.05, 3.63) is 29.3 Å². The molecule has 0 saturated carbocycles. The fourth-order valence-electron chi connectivity index (χ4n) is 1.98. The molecule has 18 heavy (non-hydrogen) atoms. The summed E-state index contributed by atoms with van der Waals surface area (Å²) in [5.41, 5.74) is 1.58. The molecule has 1 aliphatic heterocycles. The summed E-state index contributed by atoms with van der Waals surface area (Å²) in [4.78, 5) is 22.6. The van der Waals surface area contributed by atoms with Crippen molar-refractivity contribution in [1.82, 2.24) is 0 Å². The largest absolute Gasteiger partial charge is 0.386 e. The van der Waals surface area contributed by atoms with E-state index < -0.39 is 11.9 Å². The van der Waals surface area contributed by atoms with Gasteiger partial charge in [-0.3, -0.25) is 0 Å². The number of rotatable bonds is 6. The number of fused-ring (bicyclic) bond motifs is 1. The highest BCUT2D eigenvalue weighted by Crippen LogP contribution is 2.23. The van der Waals surface area contributed by atoms with Crippen molar-refractivity contribution >= 4 is 17.6 Å². The van der Waals surface area contributed by atoms with Crippen LogP contribution in [0.25, 0.3) is 0 Å². The van der Waals surface area contributed by atoms with Gasteiger partial charge >= 0.3 is 11.9 Å². The number of carbonyl (C=O) groups excluding carboxylic acids is 2. The molecule has 1 N–H and O–H groups in total. The Labute approximate surface area is 106 Å². The summed E-state index contributed by atoms with van der Waals surface area (Å²) < 4.78 is 4.54. The van der Waals surface area contributed by atoms with Crippen molar-refractivity contribution in [2.45, 2.75) is 32.6 Å². The number of carbonyl (C=O) groups is 2. The van der Waals surface area contributed by atoms with Gasteiger partial charge in [0.15, 0.2) is 0 Å². The van der Waals surface area contributed by atoms with Crippen LogP contribution in [0.3, 0.4) is 0 Å². The first kappa shape index (κ1) is 12.6. The van der Waals surface area contributed by atoms with Gasteiger partial charge in [0.1, 0.15) is 0 Å². The molecule has 0 bridgehead atoms. The van der Waals surface area contributed by atoms with Crippen LogP contribution in [0.15, 0.2) is 18.2 Å². The zero-order valence-corrected chi connectivity index (χ0v) is 10.5. The topological polar surface area (TPSA) is 55.4 Å². The molecule has 0 saturated heterocycles. The summed E-state index contributed by atoms with van der Waals surface area (Å²) in [5.74, 6) is -1.10. The van der Waals surface area contributed by atoms with E-state index in [1.165, 1.54) is 19.3 Å². The lowest BCUT2D eigenvalue weighted by Crippen LogP contribution is -2.02. The molecule has 2 rings (SSSR count). The first-order chi connectivity index (χ1) is 8.72. The number of esters is 2. The standard InChI is InChI=1S/C14H17NO3/c1-2-3-4-5-8-15-10-6-7-11-12(9-10)14(17)18-13(11)16/h6-7,9,15H,2-5,8H2,1H3. The van der Waals surface area contributed by atoms with Crippen molar-refractivity contribution in [3.63, 3.8) is 0 Å². The van der Waals surface area contributed by atoms with Gasteiger partial charge < -0.3 is 10.1 Å². The van der Waals surface area contributed by atoms with Crippen molar-refractivity contribution in [2.24, 2.45) is 0 Å². The normalized spacial score (nSPS) is 13.4. The maximum Gasteiger partial charge on any atom is 0.346 e. The Morgan fingerprint density at radius 2 is 1.83 bits per heavy atom. The Balaban J connectivity index is 1.93. The van der Waals surface area contributed by atoms with Crippen molar-refractivity contribution in [2.75, 3.05) is 11.9 Å². The van der Waals surface area contributed by atoms with Crippen LogP contribution in [0.1, 0.15) is 53.3 Å². The molecule has 0 aliphatic carbocycles. The maximum atomic E-state index is 11.4. The van der Waals surface area contributed by atoms with Crippen molar-refractivity contribution in [1.29, 1.82) is 0 Å². The molecule has 4 heteroatoms. The van der Waals surface area contributed by atoms with E-state index in [-0.39, 0.29) is 0 Å². The average molecular weight is 247 g/mol. The summed E-state index contributed by atoms with van der Waals surface area (Å²) in [6.07, 6.45) is 4.77. The summed E-state index contributed by atoms with van der Waals surface area (Å²) in [5, 5.41) is 3.25. The fourth-order valence-corrected chi connectivity index (χ4v) is 1.98. The Morgan fingerprint density at radius 1 is 1.06 bits per heavy atom. The van der Waals surface area contributed by atoms with E-state index in [0.717, 1.165) is 18.7 Å². The van der Waals surface area contributed by atoms with Crippen LogP contribution < -0.4 is 5.32 Å². The van der Waals surface area contributed by atoms with Gasteiger partial charge in [-0.05, 0) is 24.6 Å². The third-order valence-electron chi connectivity index (χ3n) is 3.00. The van der Waals surface area contributed by atoms with Crippen LogP contribution in [-0.2, 0) is 4.74 Å². The summed E-state index contributed by atoms with van der Waals surface area (Å²) in [6, 6.07) is 5.12. The quantitative estimate of drug-likeness (QED) is 0.477. The van der Waals surface area contributed by atoms with E-state index in [2.05, 4.69) is 17.0 Å². The molecular weight excluding hydrogens is 230 g/mol. The minimum atomic E-state index is -0.551. The van der Waals surface area contributed by atoms with Crippen molar-refractivity contribution < 1.29 is 14.3 Å². The molecule has 1 heterocycles. The highest BCUT2D eigenvalue weighted by atomic mass is 16.6. The molecule has 1 aromatic carbocycles. The van der Waals surface area contributed by atoms with Gasteiger partial charge in [-0.2, -0.15) is 0 Å². The lowest BCUT2D eigenvalue weighted by atomic mass is 10.1. The van der Waals surface area contributed by atoms with Gasteiger partial charge in [0.25, 0.3) is 0 Å². The predicted molar refractivity (Wildman–Crippen MR) is 68.8 cm³/mol. The molecule has 0 aromatic heterocycles. The van der Waals surface area contributed by atoms with Crippen LogP contribution in [0, 0.1) is 0 Å². The van der Waals surface area contributed by atoms with Crippen LogP contribution in [0.4, 0.5) is 5.69 Å². The number of cyclic esters (lactones) is 2. The predicted octanol–water partition coefficient (Wildman–Crippen LogP) is 2.99. The first-order valence-electron chi connectivity index (χ1n) is 6.37. The monoisotopic (exact) mass is 247 g/mol. The molecule has 0 fully saturated rings. The molecule has 1 aromatic rings. The smallest absolute Gasteiger partial charge is 0.346 e. The van der Waals surface area contributed by atoms with E-state index in [4.69, 9.17) is 0 Å². The van der Waals surface area contributed by atoms with E-state index in [1.54, 1.807) is 18.2 Å². The van der Waals surface area contributed by atoms with Gasteiger partial charge in [0, 0.05) is 12.2 Å². The molecular formula is C14H17NO3. The van der Waals surface area contributed by atoms with Crippen LogP contribution in [0.5, 0.6) is 0 Å². The molecule has 0 radical (unpaired) electrons. The summed E-state index contributed by atoms with van der Waals surface area (Å²) >= 11 is 0. The second kappa shape index (κ2) is 5.67. The first-order valence-corrected chi connectivity index (χ1v) is 6.37. The van der Waals surface area contributed by atoms with Gasteiger partial charge in [-0.1, -0.05) is 26.2 Å². The minimum Gasteiger partial charge on any atom is -0.386 e. The number of ether oxygens (including phenoxy) is 1. The van der Waals surface area contributed by atoms with Crippen LogP contribution in [-0.4, -0.2) is 18.5 Å². The van der Waals surface area contributed by atoms with Gasteiger partial charge in [-0.15, -0.1) is 0 Å². The van der Waals surface area contributed by atoms with Crippen molar-refractivity contribution in [3.8, 4) is 0 Å². The molecule has 0 spiro atoms. The zero-order chi connectivity index (χ0) is 13.0. The lowest BCUT2D eigenvalue weighted by molar-refractivity contribution is 0.0444. The third kappa shape index (κ3) is 2.70. The lowest BCUT2D eigenvalue weighted by Gasteiger charge is -2.06. The Morgan fingerprint density at radius 3 is 2.61 bits per heavy atom. The number of benzene rings is 1. The Hall–Kier alpha value is -1.84. The van der Waals surface area contributed by atoms with Crippen LogP contribution >= 0.6 is 0 Å². The average Bonchev–Trinajstić information content (AvgIpc) is 2.65. The maximum absolute atomic E-state index is 11.4. The van der Waals surface area contributed by atoms with E-state index >= 15 is 0 Å². The van der Waals surface area contributed by atoms with E-state index in [1.807, 2.05) is 0 Å². The SMILES string of the molecule is CCCCCCNc1ccc2c(c1)C(=O)OC2=O. The molecule has 96 valence electrons. The van der Waals surface area contributed by atoms with E-state index in [9.17, 15) is 9.59 Å². The van der Waals surface area contributed by atoms with Crippen LogP contribution in [0.2, 0.25) is 0 Å². The Bertz CT molecular complexity index is 468. The number of nitrogens with one attached hydrogen (secondary N) is 1. The van der Waals surface area contributed by atoms with E-state index in [0.29, 0.717) is 11.1 Å². The second-order valence-electron chi connectivity index (χ2n) is 4.42. The number of anilines is 1. The second-order valence-corrected chi connectivity index (χ2v) is 4.42. The zero-order valence-electron chi connectivity index (χ0n) is 10.5. The Kier molecular flexibility index (Phi) is 3.97. The van der Waals surface area contributed by atoms with Gasteiger partial charge in [0.2, 0.25) is 0 Å². The molecule has 0 amide bonds. The highest BCUT2D eigenvalue weighted by molar-refractivity contribution is 6.15. The molecule has 1 aliphatic rings. The van der Waals surface area contributed by atoms with Gasteiger partial charge in [-0.25, -0.2) is 9.59 Å². The minimum absolute atomic E-state index is 0.358. The third-order valence-corrected chi connectivity index (χ3v) is 3.00. The molecule has 0 unspecified atom stereocenters. The summed E-state index contributed by atoms with van der Waals surface area (Å²) in [6.45, 7) is 3.05. The number of hydrogen-bond acceptors (Lipinski definition) is 4. The fraction of sp³-hybridized carbons (Fsp3) is 0.429. The molecule has 0 atom stereocenters. The highest BCUT2D eigenvalue weighted by Gasteiger charge is 2.29. The summed E-state index contributed by atoms with van der Waals surface area (Å²) in [7, 11) is 0. The number of unbranched alkanes of at least 4 members (excludes halogenated alkanes) is 3. The molecule has 4 nitrogen and oxygen atoms in total. The van der Waals surface area contributed by atoms with Gasteiger partial charge in [0.05, 0.1) is 11.1 Å².